The maximum absolute atomic E-state index is 10.4. The first kappa shape index (κ1) is 8.81. The van der Waals surface area contributed by atoms with Gasteiger partial charge < -0.3 is 9.88 Å². The Kier molecular flexibility index (Phi) is 2.23. The van der Waals surface area contributed by atoms with Crippen molar-refractivity contribution in [2.24, 2.45) is 0 Å². The van der Waals surface area contributed by atoms with Gasteiger partial charge in [-0.2, -0.15) is 0 Å². The summed E-state index contributed by atoms with van der Waals surface area (Å²) in [5.74, 6) is 0. The maximum atomic E-state index is 10.4. The van der Waals surface area contributed by atoms with Crippen LogP contribution in [0.15, 0.2) is 30.5 Å². The molecule has 0 saturated heterocycles. The number of aromatic nitrogens is 1. The molecule has 3 heteroatoms. The third kappa shape index (κ3) is 1.62. The zero-order valence-electron chi connectivity index (χ0n) is 8.03. The minimum Gasteiger partial charge on any atom is -0.361 e. The molecule has 0 fully saturated rings. The molecule has 0 saturated carbocycles. The van der Waals surface area contributed by atoms with Crippen LogP contribution < -0.4 is 0 Å². The van der Waals surface area contributed by atoms with Crippen LogP contribution in [0.2, 0.25) is 0 Å². The summed E-state index contributed by atoms with van der Waals surface area (Å²) in [6.45, 7) is 0.657. The smallest absolute Gasteiger partial charge is 0.209 e. The molecule has 1 heterocycles. The number of hydrogen-bond donors (Lipinski definition) is 1. The zero-order valence-corrected chi connectivity index (χ0v) is 8.03. The Morgan fingerprint density at radius 2 is 2.29 bits per heavy atom. The summed E-state index contributed by atoms with van der Waals surface area (Å²) in [6.07, 6.45) is 2.75. The summed E-state index contributed by atoms with van der Waals surface area (Å²) in [7, 11) is 1.77. The summed E-state index contributed by atoms with van der Waals surface area (Å²) < 4.78 is 0. The van der Waals surface area contributed by atoms with Gasteiger partial charge in [-0.3, -0.25) is 4.79 Å². The molecule has 0 aliphatic heterocycles. The van der Waals surface area contributed by atoms with Crippen molar-refractivity contribution in [3.63, 3.8) is 0 Å². The van der Waals surface area contributed by atoms with E-state index in [1.54, 1.807) is 11.9 Å². The Morgan fingerprint density at radius 1 is 1.43 bits per heavy atom. The molecular formula is C11H12N2O. The number of carbonyl (C=O) groups excluding carboxylic acids is 1. The fraction of sp³-hybridized carbons (Fsp3) is 0.182. The van der Waals surface area contributed by atoms with Crippen molar-refractivity contribution in [2.75, 3.05) is 7.05 Å². The summed E-state index contributed by atoms with van der Waals surface area (Å²) in [5, 5.41) is 1.18. The lowest BCUT2D eigenvalue weighted by atomic mass is 10.1. The third-order valence-electron chi connectivity index (χ3n) is 2.23. The van der Waals surface area contributed by atoms with Crippen LogP contribution >= 0.6 is 0 Å². The van der Waals surface area contributed by atoms with E-state index in [0.29, 0.717) is 6.54 Å². The molecule has 0 spiro atoms. The Hall–Kier alpha value is -1.77. The lowest BCUT2D eigenvalue weighted by molar-refractivity contribution is -0.117. The van der Waals surface area contributed by atoms with E-state index in [9.17, 15) is 4.79 Å². The van der Waals surface area contributed by atoms with Gasteiger partial charge in [0.25, 0.3) is 0 Å². The molecule has 1 aromatic heterocycles. The van der Waals surface area contributed by atoms with Gasteiger partial charge in [-0.15, -0.1) is 0 Å². The first-order chi connectivity index (χ1) is 6.79. The fourth-order valence-corrected chi connectivity index (χ4v) is 1.53. The van der Waals surface area contributed by atoms with Crippen molar-refractivity contribution < 1.29 is 4.79 Å². The molecule has 2 rings (SSSR count). The number of benzene rings is 1. The van der Waals surface area contributed by atoms with E-state index in [0.717, 1.165) is 17.5 Å². The monoisotopic (exact) mass is 188 g/mol. The molecule has 0 aliphatic rings. The SMILES string of the molecule is CN(C=O)Cc1ccc2[nH]ccc2c1. The quantitative estimate of drug-likeness (QED) is 0.732. The largest absolute Gasteiger partial charge is 0.361 e. The molecule has 14 heavy (non-hydrogen) atoms. The molecule has 0 radical (unpaired) electrons. The van der Waals surface area contributed by atoms with Gasteiger partial charge in [0.15, 0.2) is 0 Å². The molecule has 0 atom stereocenters. The van der Waals surface area contributed by atoms with Gasteiger partial charge in [0.05, 0.1) is 0 Å². The predicted molar refractivity (Wildman–Crippen MR) is 55.8 cm³/mol. The molecule has 2 aromatic rings. The molecule has 0 aliphatic carbocycles. The average molecular weight is 188 g/mol. The highest BCUT2D eigenvalue weighted by Gasteiger charge is 1.99. The van der Waals surface area contributed by atoms with Crippen molar-refractivity contribution in [1.29, 1.82) is 0 Å². The van der Waals surface area contributed by atoms with Crippen LogP contribution in [0.1, 0.15) is 5.56 Å². The minimum absolute atomic E-state index is 0.657. The van der Waals surface area contributed by atoms with Crippen LogP contribution in [0, 0.1) is 0 Å². The van der Waals surface area contributed by atoms with Crippen molar-refractivity contribution in [3.8, 4) is 0 Å². The van der Waals surface area contributed by atoms with Gasteiger partial charge in [-0.1, -0.05) is 6.07 Å². The number of amides is 1. The van der Waals surface area contributed by atoms with Crippen molar-refractivity contribution in [3.05, 3.63) is 36.0 Å². The standard InChI is InChI=1S/C11H12N2O/c1-13(8-14)7-9-2-3-11-10(6-9)4-5-12-11/h2-6,8,12H,7H2,1H3. The van der Waals surface area contributed by atoms with Crippen LogP contribution in [-0.2, 0) is 11.3 Å². The molecule has 0 bridgehead atoms. The number of hydrogen-bond acceptors (Lipinski definition) is 1. The second kappa shape index (κ2) is 3.54. The van der Waals surface area contributed by atoms with Gasteiger partial charge in [-0.25, -0.2) is 0 Å². The van der Waals surface area contributed by atoms with Gasteiger partial charge >= 0.3 is 0 Å². The first-order valence-corrected chi connectivity index (χ1v) is 4.51. The minimum atomic E-state index is 0.657. The topological polar surface area (TPSA) is 36.1 Å². The normalized spacial score (nSPS) is 10.4. The maximum Gasteiger partial charge on any atom is 0.209 e. The van der Waals surface area contributed by atoms with Crippen molar-refractivity contribution >= 4 is 17.3 Å². The van der Waals surface area contributed by atoms with Crippen LogP contribution in [0.4, 0.5) is 0 Å². The highest BCUT2D eigenvalue weighted by molar-refractivity contribution is 5.79. The number of fused-ring (bicyclic) bond motifs is 1. The lowest BCUT2D eigenvalue weighted by Crippen LogP contribution is -2.14. The summed E-state index contributed by atoms with van der Waals surface area (Å²) in [4.78, 5) is 15.2. The molecule has 3 nitrogen and oxygen atoms in total. The summed E-state index contributed by atoms with van der Waals surface area (Å²) in [5.41, 5.74) is 2.27. The summed E-state index contributed by atoms with van der Waals surface area (Å²) in [6, 6.07) is 8.17. The predicted octanol–water partition coefficient (Wildman–Crippen LogP) is 1.76. The number of carbonyl (C=O) groups is 1. The van der Waals surface area contributed by atoms with Crippen LogP contribution in [0.3, 0.4) is 0 Å². The van der Waals surface area contributed by atoms with E-state index in [4.69, 9.17) is 0 Å². The van der Waals surface area contributed by atoms with E-state index in [2.05, 4.69) is 11.1 Å². The second-order valence-electron chi connectivity index (χ2n) is 3.42. The fourth-order valence-electron chi connectivity index (χ4n) is 1.53. The number of H-pyrrole nitrogens is 1. The Balaban J connectivity index is 2.29. The van der Waals surface area contributed by atoms with E-state index >= 15 is 0 Å². The Morgan fingerprint density at radius 3 is 3.07 bits per heavy atom. The average Bonchev–Trinajstić information content (AvgIpc) is 2.64. The molecule has 1 amide bonds. The molecule has 1 N–H and O–H groups in total. The first-order valence-electron chi connectivity index (χ1n) is 4.51. The van der Waals surface area contributed by atoms with E-state index in [1.165, 1.54) is 5.39 Å². The number of rotatable bonds is 3. The molecule has 72 valence electrons. The highest BCUT2D eigenvalue weighted by Crippen LogP contribution is 2.14. The Bertz CT molecular complexity index is 447. The molecular weight excluding hydrogens is 176 g/mol. The Labute approximate surface area is 82.3 Å². The van der Waals surface area contributed by atoms with Gasteiger partial charge in [0.2, 0.25) is 6.41 Å². The van der Waals surface area contributed by atoms with Crippen LogP contribution in [0.25, 0.3) is 10.9 Å². The van der Waals surface area contributed by atoms with Crippen LogP contribution in [0.5, 0.6) is 0 Å². The van der Waals surface area contributed by atoms with Gasteiger partial charge in [0.1, 0.15) is 0 Å². The van der Waals surface area contributed by atoms with Crippen LogP contribution in [-0.4, -0.2) is 23.3 Å². The number of nitrogens with zero attached hydrogens (tertiary/aromatic N) is 1. The number of nitrogens with one attached hydrogen (secondary N) is 1. The van der Waals surface area contributed by atoms with Crippen molar-refractivity contribution in [2.45, 2.75) is 6.54 Å². The van der Waals surface area contributed by atoms with Gasteiger partial charge in [-0.05, 0) is 29.1 Å². The summed E-state index contributed by atoms with van der Waals surface area (Å²) >= 11 is 0. The highest BCUT2D eigenvalue weighted by atomic mass is 16.1. The van der Waals surface area contributed by atoms with Gasteiger partial charge in [0, 0.05) is 25.3 Å². The number of aromatic amines is 1. The zero-order chi connectivity index (χ0) is 9.97. The van der Waals surface area contributed by atoms with E-state index < -0.39 is 0 Å². The molecule has 0 unspecified atom stereocenters. The lowest BCUT2D eigenvalue weighted by Gasteiger charge is -2.09. The van der Waals surface area contributed by atoms with E-state index in [-0.39, 0.29) is 0 Å². The molecule has 1 aromatic carbocycles. The second-order valence-corrected chi connectivity index (χ2v) is 3.42. The van der Waals surface area contributed by atoms with E-state index in [1.807, 2.05) is 24.4 Å². The third-order valence-corrected chi connectivity index (χ3v) is 2.23. The van der Waals surface area contributed by atoms with Crippen molar-refractivity contribution in [1.82, 2.24) is 9.88 Å².